The van der Waals surface area contributed by atoms with E-state index in [1.807, 2.05) is 57.2 Å². The molecule has 0 spiro atoms. The molecule has 0 bridgehead atoms. The minimum Gasteiger partial charge on any atom is -0.450 e. The van der Waals surface area contributed by atoms with Gasteiger partial charge < -0.3 is 4.42 Å². The number of aromatic nitrogens is 1. The lowest BCUT2D eigenvalue weighted by molar-refractivity contribution is 0.0971. The van der Waals surface area contributed by atoms with Crippen molar-refractivity contribution in [1.29, 1.82) is 0 Å². The molecule has 0 saturated carbocycles. The van der Waals surface area contributed by atoms with Crippen molar-refractivity contribution >= 4 is 49.3 Å². The first-order valence-corrected chi connectivity index (χ1v) is 11.1. The molecule has 0 unspecified atom stereocenters. The Balaban J connectivity index is 1.84. The number of anilines is 1. The smallest absolute Gasteiger partial charge is 0.297 e. The monoisotopic (exact) mass is 480 g/mol. The maximum Gasteiger partial charge on any atom is 0.297 e. The maximum absolute atomic E-state index is 13.6. The van der Waals surface area contributed by atoms with Crippen molar-refractivity contribution in [2.24, 2.45) is 0 Å². The number of halogens is 1. The van der Waals surface area contributed by atoms with Crippen LogP contribution in [-0.4, -0.2) is 10.9 Å². The van der Waals surface area contributed by atoms with Crippen molar-refractivity contribution in [1.82, 2.24) is 4.98 Å². The molecule has 3 heterocycles. The van der Waals surface area contributed by atoms with Gasteiger partial charge in [-0.25, -0.2) is 4.98 Å². The molecule has 2 aromatic heterocycles. The van der Waals surface area contributed by atoms with Crippen LogP contribution in [0.15, 0.2) is 56.1 Å². The Morgan fingerprint density at radius 1 is 1.10 bits per heavy atom. The van der Waals surface area contributed by atoms with E-state index in [1.54, 1.807) is 11.0 Å². The normalized spacial score (nSPS) is 15.8. The van der Waals surface area contributed by atoms with E-state index in [-0.39, 0.29) is 17.1 Å². The minimum absolute atomic E-state index is 0.0897. The molecule has 0 aliphatic carbocycles. The molecule has 5 nitrogen and oxygen atoms in total. The molecule has 1 aliphatic rings. The van der Waals surface area contributed by atoms with E-state index >= 15 is 0 Å². The number of fused-ring (bicyclic) bond motifs is 2. The van der Waals surface area contributed by atoms with E-state index in [0.29, 0.717) is 21.7 Å². The van der Waals surface area contributed by atoms with E-state index in [9.17, 15) is 9.59 Å². The summed E-state index contributed by atoms with van der Waals surface area (Å²) in [7, 11) is 0. The van der Waals surface area contributed by atoms with Gasteiger partial charge in [-0.2, -0.15) is 0 Å². The standard InChI is InChI=1S/C23H17BrN2O3S/c1-11-7-8-17-16(9-11)20(27)18-19(14-5-4-6-15(24)10-14)26(22(28)21(18)29-17)23-25-12(2)13(3)30-23/h4-10,19H,1-3H3/t19-/m1/s1. The van der Waals surface area contributed by atoms with Gasteiger partial charge in [-0.3, -0.25) is 14.5 Å². The van der Waals surface area contributed by atoms with Gasteiger partial charge >= 0.3 is 0 Å². The Kier molecular flexibility index (Phi) is 4.41. The van der Waals surface area contributed by atoms with Crippen LogP contribution in [0.2, 0.25) is 0 Å². The Bertz CT molecular complexity index is 1390. The highest BCUT2D eigenvalue weighted by atomic mass is 79.9. The molecule has 1 atom stereocenters. The minimum atomic E-state index is -0.601. The van der Waals surface area contributed by atoms with Crippen molar-refractivity contribution in [3.8, 4) is 0 Å². The summed E-state index contributed by atoms with van der Waals surface area (Å²) >= 11 is 4.95. The molecule has 5 rings (SSSR count). The fraction of sp³-hybridized carbons (Fsp3) is 0.174. The highest BCUT2D eigenvalue weighted by Crippen LogP contribution is 2.43. The number of aryl methyl sites for hydroxylation is 3. The number of nitrogens with zero attached hydrogens (tertiary/aromatic N) is 2. The molecule has 1 aliphatic heterocycles. The number of amides is 1. The second-order valence-corrected chi connectivity index (χ2v) is 9.54. The second kappa shape index (κ2) is 6.89. The molecule has 0 fully saturated rings. The third-order valence-corrected chi connectivity index (χ3v) is 6.98. The summed E-state index contributed by atoms with van der Waals surface area (Å²) in [6.45, 7) is 5.81. The molecule has 0 radical (unpaired) electrons. The lowest BCUT2D eigenvalue weighted by Gasteiger charge is -2.22. The van der Waals surface area contributed by atoms with E-state index in [0.717, 1.165) is 26.2 Å². The highest BCUT2D eigenvalue weighted by molar-refractivity contribution is 9.10. The average Bonchev–Trinajstić information content (AvgIpc) is 3.19. The van der Waals surface area contributed by atoms with Gasteiger partial charge in [-0.1, -0.05) is 39.7 Å². The summed E-state index contributed by atoms with van der Waals surface area (Å²) in [4.78, 5) is 34.3. The van der Waals surface area contributed by atoms with E-state index in [2.05, 4.69) is 20.9 Å². The Hall–Kier alpha value is -2.77. The summed E-state index contributed by atoms with van der Waals surface area (Å²) in [5.74, 6) is -0.255. The fourth-order valence-electron chi connectivity index (χ4n) is 3.83. The van der Waals surface area contributed by atoms with Crippen molar-refractivity contribution in [3.05, 3.63) is 90.2 Å². The summed E-state index contributed by atoms with van der Waals surface area (Å²) in [6, 6.07) is 12.5. The van der Waals surface area contributed by atoms with Crippen LogP contribution < -0.4 is 10.3 Å². The number of benzene rings is 2. The summed E-state index contributed by atoms with van der Waals surface area (Å²) in [6.07, 6.45) is 0. The van der Waals surface area contributed by atoms with E-state index in [1.165, 1.54) is 11.3 Å². The summed E-state index contributed by atoms with van der Waals surface area (Å²) in [5.41, 5.74) is 3.25. The van der Waals surface area contributed by atoms with Crippen molar-refractivity contribution in [2.45, 2.75) is 26.8 Å². The second-order valence-electron chi connectivity index (χ2n) is 7.44. The molecule has 1 amide bonds. The van der Waals surface area contributed by atoms with Crippen LogP contribution in [0.1, 0.15) is 43.9 Å². The van der Waals surface area contributed by atoms with Gasteiger partial charge in [-0.05, 0) is 50.6 Å². The zero-order valence-corrected chi connectivity index (χ0v) is 18.9. The molecule has 2 aromatic carbocycles. The van der Waals surface area contributed by atoms with Crippen molar-refractivity contribution in [3.63, 3.8) is 0 Å². The molecular formula is C23H17BrN2O3S. The van der Waals surface area contributed by atoms with Crippen LogP contribution in [-0.2, 0) is 0 Å². The molecule has 4 aromatic rings. The molecule has 30 heavy (non-hydrogen) atoms. The first-order chi connectivity index (χ1) is 14.3. The van der Waals surface area contributed by atoms with E-state index in [4.69, 9.17) is 4.42 Å². The molecule has 150 valence electrons. The molecule has 0 saturated heterocycles. The predicted molar refractivity (Wildman–Crippen MR) is 122 cm³/mol. The fourth-order valence-corrected chi connectivity index (χ4v) is 5.19. The van der Waals surface area contributed by atoms with Gasteiger partial charge in [0.25, 0.3) is 5.91 Å². The zero-order chi connectivity index (χ0) is 21.2. The topological polar surface area (TPSA) is 63.4 Å². The van der Waals surface area contributed by atoms with Crippen molar-refractivity contribution in [2.75, 3.05) is 4.90 Å². The largest absolute Gasteiger partial charge is 0.450 e. The van der Waals surface area contributed by atoms with Crippen LogP contribution in [0.3, 0.4) is 0 Å². The van der Waals surface area contributed by atoms with E-state index < -0.39 is 6.04 Å². The quantitative estimate of drug-likeness (QED) is 0.369. The molecule has 0 N–H and O–H groups in total. The summed E-state index contributed by atoms with van der Waals surface area (Å²) in [5, 5.41) is 1.04. The lowest BCUT2D eigenvalue weighted by Crippen LogP contribution is -2.29. The first kappa shape index (κ1) is 19.2. The highest BCUT2D eigenvalue weighted by Gasteiger charge is 2.45. The lowest BCUT2D eigenvalue weighted by atomic mass is 9.98. The predicted octanol–water partition coefficient (Wildman–Crippen LogP) is 5.69. The zero-order valence-electron chi connectivity index (χ0n) is 16.5. The van der Waals surface area contributed by atoms with Gasteiger partial charge in [0.15, 0.2) is 10.6 Å². The number of carbonyl (C=O) groups excluding carboxylic acids is 1. The SMILES string of the molecule is Cc1ccc2oc3c(c(=O)c2c1)[C@@H](c1cccc(Br)c1)N(c1nc(C)c(C)s1)C3=O. The van der Waals surface area contributed by atoms with Gasteiger partial charge in [-0.15, -0.1) is 11.3 Å². The van der Waals surface area contributed by atoms with Gasteiger partial charge in [0, 0.05) is 9.35 Å². The van der Waals surface area contributed by atoms with Crippen LogP contribution in [0.25, 0.3) is 11.0 Å². The third kappa shape index (κ3) is 2.84. The van der Waals surface area contributed by atoms with Crippen LogP contribution in [0.5, 0.6) is 0 Å². The number of carbonyl (C=O) groups is 1. The Morgan fingerprint density at radius 3 is 2.60 bits per heavy atom. The van der Waals surface area contributed by atoms with Gasteiger partial charge in [0.05, 0.1) is 22.7 Å². The number of rotatable bonds is 2. The Morgan fingerprint density at radius 2 is 1.90 bits per heavy atom. The summed E-state index contributed by atoms with van der Waals surface area (Å²) < 4.78 is 6.87. The number of hydrogen-bond donors (Lipinski definition) is 0. The maximum atomic E-state index is 13.6. The number of thiazole rings is 1. The molecule has 7 heteroatoms. The first-order valence-electron chi connectivity index (χ1n) is 9.45. The Labute approximate surface area is 185 Å². The van der Waals surface area contributed by atoms with Crippen molar-refractivity contribution < 1.29 is 9.21 Å². The number of hydrogen-bond acceptors (Lipinski definition) is 5. The molecular weight excluding hydrogens is 464 g/mol. The van der Waals surface area contributed by atoms with Crippen LogP contribution >= 0.6 is 27.3 Å². The van der Waals surface area contributed by atoms with Crippen LogP contribution in [0.4, 0.5) is 5.13 Å². The third-order valence-electron chi connectivity index (χ3n) is 5.41. The average molecular weight is 481 g/mol. The van der Waals surface area contributed by atoms with Gasteiger partial charge in [0.1, 0.15) is 5.58 Å². The van der Waals surface area contributed by atoms with Crippen LogP contribution in [0, 0.1) is 20.8 Å². The van der Waals surface area contributed by atoms with Gasteiger partial charge in [0.2, 0.25) is 5.76 Å².